The van der Waals surface area contributed by atoms with Gasteiger partial charge in [0.05, 0.1) is 0 Å². The average molecular weight is 286 g/mol. The fourth-order valence-electron chi connectivity index (χ4n) is 2.31. The Hall–Kier alpha value is 0.247. The summed E-state index contributed by atoms with van der Waals surface area (Å²) in [5.74, 6) is 0. The van der Waals surface area contributed by atoms with Crippen LogP contribution in [0.5, 0.6) is 0 Å². The summed E-state index contributed by atoms with van der Waals surface area (Å²) in [6.07, 6.45) is 1.16. The molecule has 0 aliphatic heterocycles. The molecule has 2 N–H and O–H groups in total. The van der Waals surface area contributed by atoms with Gasteiger partial charge in [0.25, 0.3) is 0 Å². The highest BCUT2D eigenvalue weighted by Crippen LogP contribution is 2.59. The standard InChI is InChI=1S/C9H23O6PSi/c1-6-8-9(7-2,16(10,11)12)17(13-3,14-4)15-5/h6-8H2,1-5H3,(H2,10,11,12). The van der Waals surface area contributed by atoms with Crippen molar-refractivity contribution in [3.63, 3.8) is 0 Å². The van der Waals surface area contributed by atoms with Crippen molar-refractivity contribution in [3.8, 4) is 0 Å². The Labute approximate surface area is 104 Å². The molecule has 0 aromatic rings. The summed E-state index contributed by atoms with van der Waals surface area (Å²) in [5, 5.41) is 0. The van der Waals surface area contributed by atoms with Gasteiger partial charge in [0, 0.05) is 21.3 Å². The van der Waals surface area contributed by atoms with E-state index in [9.17, 15) is 14.4 Å². The molecule has 0 bridgehead atoms. The first-order valence-electron chi connectivity index (χ1n) is 5.51. The van der Waals surface area contributed by atoms with Gasteiger partial charge in [-0.15, -0.1) is 0 Å². The summed E-state index contributed by atoms with van der Waals surface area (Å²) >= 11 is 0. The fraction of sp³-hybridized carbons (Fsp3) is 1.00. The summed E-state index contributed by atoms with van der Waals surface area (Å²) < 4.78 is 26.3. The minimum atomic E-state index is -4.41. The van der Waals surface area contributed by atoms with Gasteiger partial charge in [-0.1, -0.05) is 20.3 Å². The molecule has 0 fully saturated rings. The fourth-order valence-corrected chi connectivity index (χ4v) is 8.11. The molecule has 0 aromatic carbocycles. The molecule has 1 unspecified atom stereocenters. The van der Waals surface area contributed by atoms with E-state index in [2.05, 4.69) is 0 Å². The van der Waals surface area contributed by atoms with Crippen molar-refractivity contribution >= 4 is 16.4 Å². The van der Waals surface area contributed by atoms with E-state index in [1.165, 1.54) is 21.3 Å². The SMILES string of the molecule is CCCC(CC)([Si](OC)(OC)OC)P(=O)(O)O. The molecule has 0 rings (SSSR count). The van der Waals surface area contributed by atoms with E-state index in [0.717, 1.165) is 0 Å². The molecule has 0 radical (unpaired) electrons. The van der Waals surface area contributed by atoms with Gasteiger partial charge in [0.15, 0.2) is 0 Å². The average Bonchev–Trinajstić information content (AvgIpc) is 2.28. The number of rotatable bonds is 8. The Morgan fingerprint density at radius 3 is 1.71 bits per heavy atom. The Morgan fingerprint density at radius 1 is 1.12 bits per heavy atom. The van der Waals surface area contributed by atoms with Gasteiger partial charge < -0.3 is 23.1 Å². The molecule has 0 saturated heterocycles. The van der Waals surface area contributed by atoms with E-state index in [4.69, 9.17) is 13.3 Å². The van der Waals surface area contributed by atoms with Crippen LogP contribution in [0.1, 0.15) is 33.1 Å². The molecule has 0 aromatic heterocycles. The van der Waals surface area contributed by atoms with Gasteiger partial charge in [-0.25, -0.2) is 0 Å². The first kappa shape index (κ1) is 17.2. The van der Waals surface area contributed by atoms with E-state index in [-0.39, 0.29) is 6.42 Å². The van der Waals surface area contributed by atoms with Crippen molar-refractivity contribution in [1.82, 2.24) is 0 Å². The number of hydrogen-bond donors (Lipinski definition) is 2. The van der Waals surface area contributed by atoms with Crippen LogP contribution in [0.4, 0.5) is 0 Å². The predicted octanol–water partition coefficient (Wildman–Crippen LogP) is 1.53. The normalized spacial score (nSPS) is 16.9. The quantitative estimate of drug-likeness (QED) is 0.520. The molecule has 6 nitrogen and oxygen atoms in total. The van der Waals surface area contributed by atoms with E-state index in [1.54, 1.807) is 6.92 Å². The van der Waals surface area contributed by atoms with Crippen LogP contribution in [0.2, 0.25) is 0 Å². The first-order valence-corrected chi connectivity index (χ1v) is 8.85. The van der Waals surface area contributed by atoms with Gasteiger partial charge in [0.1, 0.15) is 4.78 Å². The maximum Gasteiger partial charge on any atom is 0.519 e. The van der Waals surface area contributed by atoms with Crippen molar-refractivity contribution in [2.24, 2.45) is 0 Å². The van der Waals surface area contributed by atoms with Gasteiger partial charge in [-0.2, -0.15) is 0 Å². The van der Waals surface area contributed by atoms with Gasteiger partial charge >= 0.3 is 16.4 Å². The zero-order chi connectivity index (χ0) is 13.7. The summed E-state index contributed by atoms with van der Waals surface area (Å²) in [7, 11) is -3.71. The smallest absolute Gasteiger partial charge is 0.376 e. The Bertz CT molecular complexity index is 268. The highest BCUT2D eigenvalue weighted by atomic mass is 31.2. The monoisotopic (exact) mass is 286 g/mol. The summed E-state index contributed by atoms with van der Waals surface area (Å²) in [5.41, 5.74) is 0. The third-order valence-corrected chi connectivity index (χ3v) is 9.89. The van der Waals surface area contributed by atoms with Crippen LogP contribution in [0, 0.1) is 0 Å². The maximum atomic E-state index is 11.9. The van der Waals surface area contributed by atoms with Crippen LogP contribution >= 0.6 is 7.60 Å². The zero-order valence-electron chi connectivity index (χ0n) is 11.1. The predicted molar refractivity (Wildman–Crippen MR) is 66.8 cm³/mol. The second kappa shape index (κ2) is 6.42. The lowest BCUT2D eigenvalue weighted by atomic mass is 10.2. The molecule has 0 aliphatic rings. The van der Waals surface area contributed by atoms with Crippen molar-refractivity contribution < 1.29 is 27.6 Å². The molecule has 104 valence electrons. The summed E-state index contributed by atoms with van der Waals surface area (Å²) in [4.78, 5) is 19.4. The molecule has 17 heavy (non-hydrogen) atoms. The van der Waals surface area contributed by atoms with Gasteiger partial charge in [-0.05, 0) is 12.8 Å². The summed E-state index contributed by atoms with van der Waals surface area (Å²) in [6, 6.07) is 0. The molecule has 0 spiro atoms. The van der Waals surface area contributed by atoms with Crippen LogP contribution in [0.3, 0.4) is 0 Å². The second-order valence-corrected chi connectivity index (χ2v) is 9.51. The molecule has 0 amide bonds. The van der Waals surface area contributed by atoms with E-state index >= 15 is 0 Å². The third kappa shape index (κ3) is 2.81. The van der Waals surface area contributed by atoms with Crippen molar-refractivity contribution in [3.05, 3.63) is 0 Å². The topological polar surface area (TPSA) is 85.2 Å². The highest BCUT2D eigenvalue weighted by Gasteiger charge is 2.67. The van der Waals surface area contributed by atoms with Crippen LogP contribution in [0.15, 0.2) is 0 Å². The van der Waals surface area contributed by atoms with Crippen LogP contribution < -0.4 is 0 Å². The molecule has 0 heterocycles. The molecule has 1 atom stereocenters. The highest BCUT2D eigenvalue weighted by molar-refractivity contribution is 7.56. The summed E-state index contributed by atoms with van der Waals surface area (Å²) in [6.45, 7) is 3.58. The van der Waals surface area contributed by atoms with Crippen molar-refractivity contribution in [2.45, 2.75) is 37.9 Å². The maximum absolute atomic E-state index is 11.9. The third-order valence-electron chi connectivity index (χ3n) is 3.18. The van der Waals surface area contributed by atoms with Crippen LogP contribution in [-0.4, -0.2) is 44.7 Å². The second-order valence-electron chi connectivity index (χ2n) is 3.85. The first-order chi connectivity index (χ1) is 7.80. The Kier molecular flexibility index (Phi) is 6.52. The van der Waals surface area contributed by atoms with E-state index in [0.29, 0.717) is 12.8 Å². The van der Waals surface area contributed by atoms with Crippen LogP contribution in [0.25, 0.3) is 0 Å². The Morgan fingerprint density at radius 2 is 1.53 bits per heavy atom. The van der Waals surface area contributed by atoms with Gasteiger partial charge in [-0.3, -0.25) is 4.57 Å². The van der Waals surface area contributed by atoms with Crippen LogP contribution in [-0.2, 0) is 17.8 Å². The largest absolute Gasteiger partial charge is 0.519 e. The van der Waals surface area contributed by atoms with E-state index in [1.807, 2.05) is 6.92 Å². The minimum absolute atomic E-state index is 0.243. The van der Waals surface area contributed by atoms with E-state index < -0.39 is 21.2 Å². The minimum Gasteiger partial charge on any atom is -0.376 e. The lowest BCUT2D eigenvalue weighted by molar-refractivity contribution is 0.0967. The molecule has 8 heteroatoms. The van der Waals surface area contributed by atoms with Gasteiger partial charge in [0.2, 0.25) is 0 Å². The van der Waals surface area contributed by atoms with Crippen molar-refractivity contribution in [2.75, 3.05) is 21.3 Å². The lowest BCUT2D eigenvalue weighted by Crippen LogP contribution is -2.63. The Balaban J connectivity index is 5.80. The molecular weight excluding hydrogens is 263 g/mol. The van der Waals surface area contributed by atoms with Crippen molar-refractivity contribution in [1.29, 1.82) is 0 Å². The molecule has 0 aliphatic carbocycles. The molecular formula is C9H23O6PSi. The molecule has 0 saturated carbocycles. The number of hydrogen-bond acceptors (Lipinski definition) is 4. The lowest BCUT2D eigenvalue weighted by Gasteiger charge is -2.42. The zero-order valence-corrected chi connectivity index (χ0v) is 13.0.